The van der Waals surface area contributed by atoms with Crippen LogP contribution < -0.4 is 4.90 Å². The molecule has 1 unspecified atom stereocenters. The summed E-state index contributed by atoms with van der Waals surface area (Å²) < 4.78 is 80.0. The van der Waals surface area contributed by atoms with Gasteiger partial charge >= 0.3 is 6.18 Å². The van der Waals surface area contributed by atoms with Crippen molar-refractivity contribution in [1.82, 2.24) is 10.1 Å². The number of hydrogen-bond donors (Lipinski definition) is 0. The molecular formula is C18H19F4N3O4S2. The van der Waals surface area contributed by atoms with Crippen molar-refractivity contribution < 1.29 is 35.3 Å². The number of anilines is 1. The number of sulfone groups is 1. The molecule has 0 aliphatic carbocycles. The third-order valence-electron chi connectivity index (χ3n) is 5.59. The van der Waals surface area contributed by atoms with E-state index in [9.17, 15) is 30.8 Å². The summed E-state index contributed by atoms with van der Waals surface area (Å²) in [6.07, 6.45) is -4.21. The van der Waals surface area contributed by atoms with E-state index >= 15 is 0 Å². The minimum absolute atomic E-state index is 0.00906. The highest BCUT2D eigenvalue weighted by Gasteiger charge is 2.40. The topological polar surface area (TPSA) is 83.7 Å². The zero-order chi connectivity index (χ0) is 22.4. The van der Waals surface area contributed by atoms with Gasteiger partial charge in [-0.2, -0.15) is 17.6 Å². The van der Waals surface area contributed by atoms with E-state index in [1.165, 1.54) is 6.07 Å². The zero-order valence-electron chi connectivity index (χ0n) is 16.1. The Morgan fingerprint density at radius 2 is 1.90 bits per heavy atom. The van der Waals surface area contributed by atoms with Crippen LogP contribution in [0.4, 0.5) is 23.4 Å². The third kappa shape index (κ3) is 4.71. The van der Waals surface area contributed by atoms with Gasteiger partial charge in [0.05, 0.1) is 17.5 Å². The van der Waals surface area contributed by atoms with Crippen molar-refractivity contribution in [1.29, 1.82) is 0 Å². The molecule has 0 bridgehead atoms. The van der Waals surface area contributed by atoms with Crippen LogP contribution in [0.25, 0.3) is 0 Å². The molecule has 0 radical (unpaired) electrons. The monoisotopic (exact) mass is 481 g/mol. The van der Waals surface area contributed by atoms with E-state index in [4.69, 9.17) is 0 Å². The van der Waals surface area contributed by atoms with Crippen molar-refractivity contribution in [3.8, 4) is 0 Å². The molecule has 2 aromatic heterocycles. The normalized spacial score (nSPS) is 22.6. The Labute approximate surface area is 179 Å². The van der Waals surface area contributed by atoms with E-state index in [1.54, 1.807) is 15.9 Å². The number of amides is 1. The lowest BCUT2D eigenvalue weighted by molar-refractivity contribution is -0.155. The maximum absolute atomic E-state index is 13.7. The van der Waals surface area contributed by atoms with E-state index in [-0.39, 0.29) is 55.7 Å². The molecule has 4 rings (SSSR count). The SMILES string of the molecule is O=C(C1CCS(=O)(=O)CC1)N1CCN(c2cc(C(F)(F)F)on2)CC1c1ccc(F)s1. The van der Waals surface area contributed by atoms with E-state index in [0.29, 0.717) is 4.88 Å². The first-order valence-electron chi connectivity index (χ1n) is 9.58. The molecule has 4 heterocycles. The van der Waals surface area contributed by atoms with Crippen LogP contribution in [0.3, 0.4) is 0 Å². The van der Waals surface area contributed by atoms with E-state index < -0.39 is 38.9 Å². The predicted octanol–water partition coefficient (Wildman–Crippen LogP) is 3.11. The highest BCUT2D eigenvalue weighted by atomic mass is 32.2. The summed E-state index contributed by atoms with van der Waals surface area (Å²) in [6.45, 7) is 0.506. The van der Waals surface area contributed by atoms with Gasteiger partial charge in [0.25, 0.3) is 0 Å². The lowest BCUT2D eigenvalue weighted by Gasteiger charge is -2.42. The fraction of sp³-hybridized carbons (Fsp3) is 0.556. The van der Waals surface area contributed by atoms with Crippen molar-refractivity contribution in [3.63, 3.8) is 0 Å². The number of alkyl halides is 3. The second-order valence-corrected chi connectivity index (χ2v) is 11.0. The quantitative estimate of drug-likeness (QED) is 0.627. The molecule has 2 aliphatic rings. The maximum atomic E-state index is 13.7. The molecule has 1 amide bonds. The summed E-state index contributed by atoms with van der Waals surface area (Å²) in [5.41, 5.74) is 0. The minimum Gasteiger partial charge on any atom is -0.350 e. The maximum Gasteiger partial charge on any atom is 0.452 e. The van der Waals surface area contributed by atoms with Gasteiger partial charge in [-0.1, -0.05) is 5.16 Å². The summed E-state index contributed by atoms with van der Waals surface area (Å²) >= 11 is 0.862. The Morgan fingerprint density at radius 1 is 1.19 bits per heavy atom. The first kappa shape index (κ1) is 22.1. The Kier molecular flexibility index (Phi) is 5.75. The summed E-state index contributed by atoms with van der Waals surface area (Å²) in [5, 5.41) is 3.06. The van der Waals surface area contributed by atoms with Crippen molar-refractivity contribution >= 4 is 32.9 Å². The smallest absolute Gasteiger partial charge is 0.350 e. The van der Waals surface area contributed by atoms with Gasteiger partial charge in [-0.15, -0.1) is 11.3 Å². The van der Waals surface area contributed by atoms with Crippen LogP contribution in [0.5, 0.6) is 0 Å². The fourth-order valence-electron chi connectivity index (χ4n) is 3.93. The van der Waals surface area contributed by atoms with Crippen LogP contribution in [0.2, 0.25) is 0 Å². The molecule has 2 saturated heterocycles. The molecule has 31 heavy (non-hydrogen) atoms. The first-order chi connectivity index (χ1) is 14.5. The Hall–Kier alpha value is -2.15. The minimum atomic E-state index is -4.67. The molecule has 0 N–H and O–H groups in total. The Morgan fingerprint density at radius 3 is 2.48 bits per heavy atom. The number of piperazine rings is 1. The van der Waals surface area contributed by atoms with Crippen molar-refractivity contribution in [2.75, 3.05) is 36.0 Å². The van der Waals surface area contributed by atoms with Crippen molar-refractivity contribution in [3.05, 3.63) is 34.0 Å². The van der Waals surface area contributed by atoms with Crippen LogP contribution in [-0.2, 0) is 20.8 Å². The van der Waals surface area contributed by atoms with Crippen LogP contribution in [-0.4, -0.2) is 55.5 Å². The van der Waals surface area contributed by atoms with E-state index in [1.807, 2.05) is 0 Å². The zero-order valence-corrected chi connectivity index (χ0v) is 17.8. The van der Waals surface area contributed by atoms with E-state index in [0.717, 1.165) is 17.4 Å². The number of rotatable bonds is 3. The molecule has 2 fully saturated rings. The lowest BCUT2D eigenvalue weighted by Crippen LogP contribution is -2.52. The number of halogens is 4. The molecule has 0 spiro atoms. The Bertz CT molecular complexity index is 1050. The number of carbonyl (C=O) groups excluding carboxylic acids is 1. The highest BCUT2D eigenvalue weighted by Crippen LogP contribution is 2.36. The van der Waals surface area contributed by atoms with Gasteiger partial charge in [0.15, 0.2) is 10.9 Å². The second-order valence-electron chi connectivity index (χ2n) is 7.61. The van der Waals surface area contributed by atoms with Gasteiger partial charge in [-0.05, 0) is 25.0 Å². The summed E-state index contributed by atoms with van der Waals surface area (Å²) in [5.74, 6) is -2.01. The molecule has 13 heteroatoms. The number of nitrogens with zero attached hydrogens (tertiary/aromatic N) is 3. The first-order valence-corrected chi connectivity index (χ1v) is 12.2. The number of carbonyl (C=O) groups is 1. The molecule has 170 valence electrons. The van der Waals surface area contributed by atoms with Crippen LogP contribution >= 0.6 is 11.3 Å². The van der Waals surface area contributed by atoms with Gasteiger partial charge < -0.3 is 14.3 Å². The molecule has 2 aliphatic heterocycles. The van der Waals surface area contributed by atoms with Gasteiger partial charge in [0, 0.05) is 36.5 Å². The average molecular weight is 481 g/mol. The van der Waals surface area contributed by atoms with Gasteiger partial charge in [0.2, 0.25) is 11.7 Å². The average Bonchev–Trinajstić information content (AvgIpc) is 3.36. The number of thiophene rings is 1. The van der Waals surface area contributed by atoms with E-state index in [2.05, 4.69) is 9.68 Å². The highest BCUT2D eigenvalue weighted by molar-refractivity contribution is 7.91. The largest absolute Gasteiger partial charge is 0.452 e. The van der Waals surface area contributed by atoms with Crippen molar-refractivity contribution in [2.24, 2.45) is 5.92 Å². The predicted molar refractivity (Wildman–Crippen MR) is 104 cm³/mol. The lowest BCUT2D eigenvalue weighted by atomic mass is 9.98. The molecular weight excluding hydrogens is 462 g/mol. The summed E-state index contributed by atoms with van der Waals surface area (Å²) in [4.78, 5) is 16.9. The second kappa shape index (κ2) is 8.08. The van der Waals surface area contributed by atoms with Gasteiger partial charge in [-0.3, -0.25) is 4.79 Å². The molecule has 1 atom stereocenters. The molecule has 0 saturated carbocycles. The summed E-state index contributed by atoms with van der Waals surface area (Å²) in [7, 11) is -3.13. The Balaban J connectivity index is 1.56. The molecule has 7 nitrogen and oxygen atoms in total. The van der Waals surface area contributed by atoms with Crippen LogP contribution in [0.1, 0.15) is 29.5 Å². The van der Waals surface area contributed by atoms with Crippen molar-refractivity contribution in [2.45, 2.75) is 25.1 Å². The summed E-state index contributed by atoms with van der Waals surface area (Å²) in [6, 6.07) is 3.02. The van der Waals surface area contributed by atoms with Gasteiger partial charge in [-0.25, -0.2) is 8.42 Å². The molecule has 0 aromatic carbocycles. The standard InChI is InChI=1S/C18H19F4N3O4S2/c19-15-2-1-13(30-15)12-10-24(16-9-14(29-23-16)18(20,21)22)5-6-25(12)17(26)11-3-7-31(27,28)8-4-11/h1-2,9,11-12H,3-8,10H2. The number of aromatic nitrogens is 1. The molecule has 2 aromatic rings. The third-order valence-corrected chi connectivity index (χ3v) is 8.28. The van der Waals surface area contributed by atoms with Crippen LogP contribution in [0.15, 0.2) is 22.7 Å². The number of hydrogen-bond acceptors (Lipinski definition) is 7. The van der Waals surface area contributed by atoms with Gasteiger partial charge in [0.1, 0.15) is 9.84 Å². The van der Waals surface area contributed by atoms with Crippen LogP contribution in [0, 0.1) is 11.0 Å². The fourth-order valence-corrected chi connectivity index (χ4v) is 6.25.